The Balaban J connectivity index is 1.73. The molecule has 2 aromatic rings. The van der Waals surface area contributed by atoms with Gasteiger partial charge >= 0.3 is 0 Å². The Morgan fingerprint density at radius 2 is 1.64 bits per heavy atom. The maximum absolute atomic E-state index is 12.8. The fourth-order valence-electron chi connectivity index (χ4n) is 2.10. The average molecular weight is 344 g/mol. The third-order valence-corrected chi connectivity index (χ3v) is 3.38. The predicted molar refractivity (Wildman–Crippen MR) is 95.1 cm³/mol. The molecular formula is C19H21FN2O3. The van der Waals surface area contributed by atoms with E-state index >= 15 is 0 Å². The molecule has 2 aromatic carbocycles. The van der Waals surface area contributed by atoms with Gasteiger partial charge in [-0.3, -0.25) is 9.59 Å². The summed E-state index contributed by atoms with van der Waals surface area (Å²) in [5.74, 6) is 0.0355. The molecule has 0 fully saturated rings. The molecule has 5 nitrogen and oxygen atoms in total. The molecule has 0 bridgehead atoms. The number of ether oxygens (including phenoxy) is 1. The zero-order valence-electron chi connectivity index (χ0n) is 14.0. The van der Waals surface area contributed by atoms with Gasteiger partial charge in [0.25, 0.3) is 0 Å². The van der Waals surface area contributed by atoms with E-state index in [1.807, 2.05) is 0 Å². The number of halogens is 1. The van der Waals surface area contributed by atoms with Crippen molar-refractivity contribution in [3.05, 3.63) is 54.3 Å². The SMILES string of the molecule is CCC(=O)Nc1cccc(NC(=O)CCCOc2ccc(F)cc2)c1. The van der Waals surface area contributed by atoms with Gasteiger partial charge in [-0.2, -0.15) is 0 Å². The number of hydrogen-bond donors (Lipinski definition) is 2. The first-order valence-corrected chi connectivity index (χ1v) is 8.15. The van der Waals surface area contributed by atoms with Crippen LogP contribution in [-0.2, 0) is 9.59 Å². The molecule has 0 spiro atoms. The zero-order valence-corrected chi connectivity index (χ0v) is 14.0. The molecule has 0 aromatic heterocycles. The minimum Gasteiger partial charge on any atom is -0.494 e. The van der Waals surface area contributed by atoms with Gasteiger partial charge in [0.1, 0.15) is 11.6 Å². The Labute approximate surface area is 146 Å². The molecule has 0 saturated heterocycles. The van der Waals surface area contributed by atoms with E-state index in [9.17, 15) is 14.0 Å². The molecule has 2 rings (SSSR count). The number of hydrogen-bond acceptors (Lipinski definition) is 3. The van der Waals surface area contributed by atoms with Gasteiger partial charge in [-0.1, -0.05) is 13.0 Å². The van der Waals surface area contributed by atoms with Crippen LogP contribution in [0.25, 0.3) is 0 Å². The number of amides is 2. The van der Waals surface area contributed by atoms with Crippen LogP contribution in [-0.4, -0.2) is 18.4 Å². The van der Waals surface area contributed by atoms with Crippen LogP contribution in [0.3, 0.4) is 0 Å². The summed E-state index contributed by atoms with van der Waals surface area (Å²) >= 11 is 0. The third-order valence-electron chi connectivity index (χ3n) is 3.38. The van der Waals surface area contributed by atoms with Crippen molar-refractivity contribution in [1.29, 1.82) is 0 Å². The summed E-state index contributed by atoms with van der Waals surface area (Å²) in [7, 11) is 0. The van der Waals surface area contributed by atoms with E-state index < -0.39 is 0 Å². The van der Waals surface area contributed by atoms with Crippen LogP contribution in [0.15, 0.2) is 48.5 Å². The van der Waals surface area contributed by atoms with Crippen LogP contribution in [0, 0.1) is 5.82 Å². The second-order valence-corrected chi connectivity index (χ2v) is 5.44. The lowest BCUT2D eigenvalue weighted by Gasteiger charge is -2.09. The maximum atomic E-state index is 12.8. The highest BCUT2D eigenvalue weighted by molar-refractivity contribution is 5.93. The number of anilines is 2. The molecular weight excluding hydrogens is 323 g/mol. The highest BCUT2D eigenvalue weighted by Crippen LogP contribution is 2.16. The van der Waals surface area contributed by atoms with Crippen molar-refractivity contribution >= 4 is 23.2 Å². The molecule has 0 atom stereocenters. The van der Waals surface area contributed by atoms with Crippen molar-refractivity contribution in [2.75, 3.05) is 17.2 Å². The topological polar surface area (TPSA) is 67.4 Å². The average Bonchev–Trinajstić information content (AvgIpc) is 2.60. The van der Waals surface area contributed by atoms with E-state index in [-0.39, 0.29) is 17.6 Å². The minimum atomic E-state index is -0.316. The largest absolute Gasteiger partial charge is 0.494 e. The van der Waals surface area contributed by atoms with E-state index in [0.29, 0.717) is 43.0 Å². The number of nitrogens with one attached hydrogen (secondary N) is 2. The third kappa shape index (κ3) is 6.63. The highest BCUT2D eigenvalue weighted by atomic mass is 19.1. The van der Waals surface area contributed by atoms with Crippen LogP contribution in [0.5, 0.6) is 5.75 Å². The standard InChI is InChI=1S/C19H21FN2O3/c1-2-18(23)21-15-5-3-6-16(13-15)22-19(24)7-4-12-25-17-10-8-14(20)9-11-17/h3,5-6,8-11,13H,2,4,7,12H2,1H3,(H,21,23)(H,22,24). The fraction of sp³-hybridized carbons (Fsp3) is 0.263. The smallest absolute Gasteiger partial charge is 0.224 e. The number of benzene rings is 2. The van der Waals surface area contributed by atoms with E-state index in [2.05, 4.69) is 10.6 Å². The van der Waals surface area contributed by atoms with E-state index in [1.54, 1.807) is 43.3 Å². The Morgan fingerprint density at radius 3 is 2.28 bits per heavy atom. The summed E-state index contributed by atoms with van der Waals surface area (Å²) in [6.07, 6.45) is 1.23. The van der Waals surface area contributed by atoms with Gasteiger partial charge in [0, 0.05) is 24.2 Å². The van der Waals surface area contributed by atoms with Crippen LogP contribution in [0.1, 0.15) is 26.2 Å². The van der Waals surface area contributed by atoms with Gasteiger partial charge in [0.2, 0.25) is 11.8 Å². The summed E-state index contributed by atoms with van der Waals surface area (Å²) in [4.78, 5) is 23.3. The molecule has 2 N–H and O–H groups in total. The Bertz CT molecular complexity index is 717. The second kappa shape index (κ2) is 9.42. The summed E-state index contributed by atoms with van der Waals surface area (Å²) in [6, 6.07) is 12.7. The quantitative estimate of drug-likeness (QED) is 0.712. The Morgan fingerprint density at radius 1 is 1.00 bits per heavy atom. The Kier molecular flexibility index (Phi) is 6.95. The molecule has 0 aliphatic heterocycles. The first-order chi connectivity index (χ1) is 12.1. The molecule has 2 amide bonds. The van der Waals surface area contributed by atoms with Crippen molar-refractivity contribution in [2.24, 2.45) is 0 Å². The van der Waals surface area contributed by atoms with Crippen LogP contribution >= 0.6 is 0 Å². The lowest BCUT2D eigenvalue weighted by molar-refractivity contribution is -0.117. The monoisotopic (exact) mass is 344 g/mol. The maximum Gasteiger partial charge on any atom is 0.224 e. The number of carbonyl (C=O) groups excluding carboxylic acids is 2. The van der Waals surface area contributed by atoms with Gasteiger partial charge in [-0.15, -0.1) is 0 Å². The van der Waals surface area contributed by atoms with Crippen LogP contribution in [0.4, 0.5) is 15.8 Å². The first kappa shape index (κ1) is 18.4. The van der Waals surface area contributed by atoms with Crippen molar-refractivity contribution in [3.63, 3.8) is 0 Å². The minimum absolute atomic E-state index is 0.0820. The van der Waals surface area contributed by atoms with Crippen molar-refractivity contribution < 1.29 is 18.7 Å². The van der Waals surface area contributed by atoms with Gasteiger partial charge in [-0.05, 0) is 48.9 Å². The zero-order chi connectivity index (χ0) is 18.1. The van der Waals surface area contributed by atoms with Crippen LogP contribution in [0.2, 0.25) is 0 Å². The molecule has 0 aliphatic rings. The van der Waals surface area contributed by atoms with E-state index in [4.69, 9.17) is 4.74 Å². The summed E-state index contributed by atoms with van der Waals surface area (Å²) in [5, 5.41) is 5.53. The van der Waals surface area contributed by atoms with E-state index in [0.717, 1.165) is 0 Å². The summed E-state index contributed by atoms with van der Waals surface area (Å²) in [6.45, 7) is 2.14. The molecule has 0 aliphatic carbocycles. The van der Waals surface area contributed by atoms with Crippen molar-refractivity contribution in [2.45, 2.75) is 26.2 Å². The fourth-order valence-corrected chi connectivity index (χ4v) is 2.10. The lowest BCUT2D eigenvalue weighted by Crippen LogP contribution is -2.13. The number of rotatable bonds is 8. The predicted octanol–water partition coefficient (Wildman–Crippen LogP) is 3.97. The van der Waals surface area contributed by atoms with Gasteiger partial charge < -0.3 is 15.4 Å². The molecule has 0 saturated carbocycles. The normalized spacial score (nSPS) is 10.2. The molecule has 25 heavy (non-hydrogen) atoms. The molecule has 0 heterocycles. The van der Waals surface area contributed by atoms with Crippen LogP contribution < -0.4 is 15.4 Å². The lowest BCUT2D eigenvalue weighted by atomic mass is 10.2. The second-order valence-electron chi connectivity index (χ2n) is 5.44. The molecule has 132 valence electrons. The molecule has 6 heteroatoms. The molecule has 0 unspecified atom stereocenters. The number of carbonyl (C=O) groups is 2. The molecule has 0 radical (unpaired) electrons. The highest BCUT2D eigenvalue weighted by Gasteiger charge is 2.05. The Hall–Kier alpha value is -2.89. The first-order valence-electron chi connectivity index (χ1n) is 8.15. The van der Waals surface area contributed by atoms with Gasteiger partial charge in [-0.25, -0.2) is 4.39 Å². The summed E-state index contributed by atoms with van der Waals surface area (Å²) < 4.78 is 18.2. The summed E-state index contributed by atoms with van der Waals surface area (Å²) in [5.41, 5.74) is 1.27. The van der Waals surface area contributed by atoms with Crippen molar-refractivity contribution in [3.8, 4) is 5.75 Å². The van der Waals surface area contributed by atoms with Crippen molar-refractivity contribution in [1.82, 2.24) is 0 Å². The van der Waals surface area contributed by atoms with E-state index in [1.165, 1.54) is 12.1 Å². The van der Waals surface area contributed by atoms with Gasteiger partial charge in [0.05, 0.1) is 6.61 Å². The van der Waals surface area contributed by atoms with Gasteiger partial charge in [0.15, 0.2) is 0 Å².